The van der Waals surface area contributed by atoms with Crippen molar-refractivity contribution in [2.75, 3.05) is 18.5 Å². The van der Waals surface area contributed by atoms with Gasteiger partial charge in [-0.2, -0.15) is 18.2 Å². The lowest BCUT2D eigenvalue weighted by Crippen LogP contribution is -2.17. The average molecular weight is 416 g/mol. The summed E-state index contributed by atoms with van der Waals surface area (Å²) < 4.78 is 47.7. The summed E-state index contributed by atoms with van der Waals surface area (Å²) in [6.45, 7) is 7.27. The Hall–Kier alpha value is -3.03. The zero-order valence-electron chi connectivity index (χ0n) is 17.0. The van der Waals surface area contributed by atoms with Gasteiger partial charge in [0.05, 0.1) is 23.7 Å². The molecule has 0 bridgehead atoms. The molecule has 0 saturated heterocycles. The Labute approximate surface area is 172 Å². The van der Waals surface area contributed by atoms with E-state index in [-0.39, 0.29) is 5.56 Å². The molecule has 0 spiro atoms. The molecule has 1 atom stereocenters. The molecule has 5 nitrogen and oxygen atoms in total. The summed E-state index contributed by atoms with van der Waals surface area (Å²) in [5, 5.41) is 4.05. The van der Waals surface area contributed by atoms with Crippen LogP contribution in [0.25, 0.3) is 10.9 Å². The molecule has 1 unspecified atom stereocenters. The molecule has 3 aromatic rings. The Morgan fingerprint density at radius 2 is 2.07 bits per heavy atom. The van der Waals surface area contributed by atoms with Gasteiger partial charge >= 0.3 is 6.18 Å². The van der Waals surface area contributed by atoms with Gasteiger partial charge in [-0.05, 0) is 56.2 Å². The van der Waals surface area contributed by atoms with E-state index < -0.39 is 17.8 Å². The van der Waals surface area contributed by atoms with Gasteiger partial charge in [0.2, 0.25) is 5.95 Å². The number of fused-ring (bicyclic) bond motifs is 3. The van der Waals surface area contributed by atoms with Crippen molar-refractivity contribution in [2.24, 2.45) is 4.99 Å². The molecule has 1 aliphatic rings. The Morgan fingerprint density at radius 3 is 2.80 bits per heavy atom. The number of alkyl halides is 3. The molecule has 2 heterocycles. The Bertz CT molecular complexity index is 1170. The van der Waals surface area contributed by atoms with E-state index in [0.717, 1.165) is 30.1 Å². The molecule has 30 heavy (non-hydrogen) atoms. The van der Waals surface area contributed by atoms with Crippen molar-refractivity contribution < 1.29 is 17.9 Å². The van der Waals surface area contributed by atoms with E-state index in [1.165, 1.54) is 13.0 Å². The summed E-state index contributed by atoms with van der Waals surface area (Å²) in [6, 6.07) is 9.48. The third kappa shape index (κ3) is 3.62. The number of rotatable bonds is 4. The van der Waals surface area contributed by atoms with Crippen LogP contribution >= 0.6 is 0 Å². The summed E-state index contributed by atoms with van der Waals surface area (Å²) in [4.78, 5) is 9.39. The molecule has 8 heteroatoms. The fourth-order valence-corrected chi connectivity index (χ4v) is 3.93. The minimum absolute atomic E-state index is 0.189. The summed E-state index contributed by atoms with van der Waals surface area (Å²) in [6.07, 6.45) is -4.40. The summed E-state index contributed by atoms with van der Waals surface area (Å²) in [5.41, 5.74) is 1.53. The van der Waals surface area contributed by atoms with Crippen LogP contribution in [-0.2, 0) is 12.7 Å². The van der Waals surface area contributed by atoms with E-state index in [1.54, 1.807) is 13.0 Å². The lowest BCUT2D eigenvalue weighted by Gasteiger charge is -2.16. The first-order chi connectivity index (χ1) is 14.3. The maximum absolute atomic E-state index is 13.3. The number of nitrogens with one attached hydrogen (secondary N) is 1. The largest absolute Gasteiger partial charge is 0.494 e. The van der Waals surface area contributed by atoms with Gasteiger partial charge in [0.15, 0.2) is 5.49 Å². The van der Waals surface area contributed by atoms with Gasteiger partial charge in [0, 0.05) is 18.5 Å². The highest BCUT2D eigenvalue weighted by atomic mass is 19.4. The second-order valence-electron chi connectivity index (χ2n) is 7.27. The van der Waals surface area contributed by atoms with Crippen LogP contribution in [0.15, 0.2) is 41.4 Å². The monoisotopic (exact) mass is 416 g/mol. The van der Waals surface area contributed by atoms with Crippen molar-refractivity contribution in [1.29, 1.82) is 0 Å². The lowest BCUT2D eigenvalue weighted by molar-refractivity contribution is -0.138. The standard InChI is InChI=1S/C22H23F3N4O/c1-4-30-15-8-9-19-17(12-15)20(28-21-26-10-11-29(19)21)27-14(3)16-6-5-7-18(13(16)2)22(23,24)25/h5-9,12,14H,4,10-11H2,1-3H3,(H,26,27,28). The molecular weight excluding hydrogens is 393 g/mol. The number of anilines is 1. The summed E-state index contributed by atoms with van der Waals surface area (Å²) in [5.74, 6) is 1.41. The quantitative estimate of drug-likeness (QED) is 0.662. The van der Waals surface area contributed by atoms with Crippen LogP contribution in [0.3, 0.4) is 0 Å². The van der Waals surface area contributed by atoms with Crippen molar-refractivity contribution in [2.45, 2.75) is 39.5 Å². The molecule has 0 amide bonds. The van der Waals surface area contributed by atoms with Crippen molar-refractivity contribution in [3.63, 3.8) is 0 Å². The van der Waals surface area contributed by atoms with Crippen LogP contribution in [0.2, 0.25) is 0 Å². The number of halogens is 3. The van der Waals surface area contributed by atoms with Gasteiger partial charge in [-0.3, -0.25) is 4.99 Å². The third-order valence-corrected chi connectivity index (χ3v) is 5.34. The van der Waals surface area contributed by atoms with Crippen molar-refractivity contribution in [3.8, 4) is 5.75 Å². The van der Waals surface area contributed by atoms with Crippen LogP contribution in [0.5, 0.6) is 5.75 Å². The number of hydrogen-bond acceptors (Lipinski definition) is 4. The first-order valence-electron chi connectivity index (χ1n) is 9.91. The van der Waals surface area contributed by atoms with E-state index >= 15 is 0 Å². The van der Waals surface area contributed by atoms with Crippen LogP contribution in [-0.4, -0.2) is 22.7 Å². The molecule has 0 radical (unpaired) electrons. The average Bonchev–Trinajstić information content (AvgIpc) is 3.16. The molecule has 158 valence electrons. The van der Waals surface area contributed by atoms with E-state index in [1.807, 2.05) is 25.1 Å². The Kier molecular flexibility index (Phi) is 5.17. The fraction of sp³-hybridized carbons (Fsp3) is 0.364. The Balaban J connectivity index is 1.89. The molecule has 4 rings (SSSR count). The predicted molar refractivity (Wildman–Crippen MR) is 110 cm³/mol. The summed E-state index contributed by atoms with van der Waals surface area (Å²) >= 11 is 0. The smallest absolute Gasteiger partial charge is 0.416 e. The van der Waals surface area contributed by atoms with Crippen LogP contribution < -0.4 is 15.5 Å². The second kappa shape index (κ2) is 7.66. The van der Waals surface area contributed by atoms with Gasteiger partial charge in [0.1, 0.15) is 5.75 Å². The number of ether oxygens (including phenoxy) is 1. The molecule has 1 aliphatic heterocycles. The first-order valence-corrected chi connectivity index (χ1v) is 9.91. The predicted octanol–water partition coefficient (Wildman–Crippen LogP) is 4.85. The molecule has 0 fully saturated rings. The van der Waals surface area contributed by atoms with E-state index in [4.69, 9.17) is 9.73 Å². The van der Waals surface area contributed by atoms with Crippen molar-refractivity contribution >= 4 is 16.9 Å². The van der Waals surface area contributed by atoms with E-state index in [2.05, 4.69) is 14.9 Å². The van der Waals surface area contributed by atoms with Gasteiger partial charge in [-0.1, -0.05) is 12.1 Å². The highest BCUT2D eigenvalue weighted by molar-refractivity contribution is 5.81. The minimum atomic E-state index is -4.40. The molecule has 1 N–H and O–H groups in total. The molecule has 1 aromatic heterocycles. The topological polar surface area (TPSA) is 51.4 Å². The fourth-order valence-electron chi connectivity index (χ4n) is 3.93. The number of aromatic nitrogens is 2. The first kappa shape index (κ1) is 20.3. The van der Waals surface area contributed by atoms with Crippen LogP contribution in [0.4, 0.5) is 19.1 Å². The molecule has 0 aliphatic carbocycles. The van der Waals surface area contributed by atoms with Gasteiger partial charge in [0.25, 0.3) is 0 Å². The molecular formula is C22H23F3N4O. The Morgan fingerprint density at radius 1 is 1.27 bits per heavy atom. The zero-order chi connectivity index (χ0) is 21.5. The van der Waals surface area contributed by atoms with Gasteiger partial charge < -0.3 is 14.6 Å². The number of hydrogen-bond donors (Lipinski definition) is 1. The van der Waals surface area contributed by atoms with Gasteiger partial charge in [-0.15, -0.1) is 0 Å². The maximum Gasteiger partial charge on any atom is 0.416 e. The minimum Gasteiger partial charge on any atom is -0.494 e. The molecule has 2 aromatic carbocycles. The highest BCUT2D eigenvalue weighted by Crippen LogP contribution is 2.35. The lowest BCUT2D eigenvalue weighted by atomic mass is 9.97. The van der Waals surface area contributed by atoms with Crippen molar-refractivity contribution in [3.05, 3.63) is 58.6 Å². The van der Waals surface area contributed by atoms with Crippen molar-refractivity contribution in [1.82, 2.24) is 9.55 Å². The van der Waals surface area contributed by atoms with E-state index in [9.17, 15) is 13.2 Å². The SMILES string of the molecule is CCOc1ccc2c(c1)c(=NC(C)c1cccc(C(F)(F)F)c1C)nc1n2CCN1. The van der Waals surface area contributed by atoms with Gasteiger partial charge in [-0.25, -0.2) is 0 Å². The molecule has 0 saturated carbocycles. The van der Waals surface area contributed by atoms with Crippen LogP contribution in [0, 0.1) is 6.92 Å². The van der Waals surface area contributed by atoms with E-state index in [0.29, 0.717) is 29.4 Å². The number of benzene rings is 2. The summed E-state index contributed by atoms with van der Waals surface area (Å²) in [7, 11) is 0. The third-order valence-electron chi connectivity index (χ3n) is 5.34. The highest BCUT2D eigenvalue weighted by Gasteiger charge is 2.33. The zero-order valence-corrected chi connectivity index (χ0v) is 17.0. The second-order valence-corrected chi connectivity index (χ2v) is 7.27. The normalized spacial score (nSPS) is 15.2. The van der Waals surface area contributed by atoms with Crippen LogP contribution in [0.1, 0.15) is 36.6 Å². The number of nitrogens with zero attached hydrogens (tertiary/aromatic N) is 3. The maximum atomic E-state index is 13.3.